The molecule has 5 nitrogen and oxygen atoms in total. The van der Waals surface area contributed by atoms with Crippen molar-refractivity contribution in [1.29, 1.82) is 0 Å². The average Bonchev–Trinajstić information content (AvgIpc) is 2.62. The molecule has 0 spiro atoms. The van der Waals surface area contributed by atoms with E-state index in [2.05, 4.69) is 57.9 Å². The Morgan fingerprint density at radius 2 is 1.68 bits per heavy atom. The van der Waals surface area contributed by atoms with Gasteiger partial charge in [0.1, 0.15) is 5.82 Å². The van der Waals surface area contributed by atoms with Crippen LogP contribution in [0, 0.1) is 5.82 Å². The van der Waals surface area contributed by atoms with Gasteiger partial charge in [0.25, 0.3) is 0 Å². The van der Waals surface area contributed by atoms with Gasteiger partial charge in [0, 0.05) is 11.4 Å². The second-order valence-electron chi connectivity index (χ2n) is 5.58. The summed E-state index contributed by atoms with van der Waals surface area (Å²) in [7, 11) is 0. The van der Waals surface area contributed by atoms with Gasteiger partial charge in [-0.1, -0.05) is 38.1 Å². The van der Waals surface area contributed by atoms with Crippen LogP contribution in [-0.2, 0) is 12.8 Å². The van der Waals surface area contributed by atoms with Crippen LogP contribution < -0.4 is 10.6 Å². The summed E-state index contributed by atoms with van der Waals surface area (Å²) >= 11 is 0. The Hall–Kier alpha value is -3.02. The minimum absolute atomic E-state index is 0.308. The van der Waals surface area contributed by atoms with Gasteiger partial charge in [-0.2, -0.15) is 10.1 Å². The predicted octanol–water partition coefficient (Wildman–Crippen LogP) is 4.62. The van der Waals surface area contributed by atoms with Gasteiger partial charge in [0.05, 0.1) is 6.20 Å². The number of anilines is 4. The molecule has 0 fully saturated rings. The molecule has 25 heavy (non-hydrogen) atoms. The zero-order valence-electron chi connectivity index (χ0n) is 14.3. The minimum Gasteiger partial charge on any atom is -0.338 e. The Kier molecular flexibility index (Phi) is 5.18. The standard InChI is InChI=1S/C19H20FN5/c1-3-13-7-5-8-14(4-2)18(13)23-17-12-21-25-19(24-17)22-16-10-6-9-15(20)11-16/h5-12H,3-4H2,1-2H3,(H2,22,23,24,25). The van der Waals surface area contributed by atoms with E-state index in [1.165, 1.54) is 23.3 Å². The Morgan fingerprint density at radius 1 is 0.960 bits per heavy atom. The molecule has 128 valence electrons. The first-order valence-corrected chi connectivity index (χ1v) is 8.29. The van der Waals surface area contributed by atoms with E-state index in [-0.39, 0.29) is 5.82 Å². The number of halogens is 1. The molecule has 6 heteroatoms. The van der Waals surface area contributed by atoms with Crippen LogP contribution in [0.3, 0.4) is 0 Å². The average molecular weight is 337 g/mol. The van der Waals surface area contributed by atoms with Crippen molar-refractivity contribution in [1.82, 2.24) is 15.2 Å². The van der Waals surface area contributed by atoms with E-state index >= 15 is 0 Å². The molecule has 2 aromatic carbocycles. The lowest BCUT2D eigenvalue weighted by Gasteiger charge is -2.15. The van der Waals surface area contributed by atoms with Crippen LogP contribution in [0.5, 0.6) is 0 Å². The second kappa shape index (κ2) is 7.70. The van der Waals surface area contributed by atoms with Crippen LogP contribution in [-0.4, -0.2) is 15.2 Å². The van der Waals surface area contributed by atoms with E-state index in [1.807, 2.05) is 0 Å². The summed E-state index contributed by atoms with van der Waals surface area (Å²) in [6, 6.07) is 12.4. The molecule has 0 saturated carbocycles. The van der Waals surface area contributed by atoms with Crippen molar-refractivity contribution in [2.24, 2.45) is 0 Å². The number of nitrogens with zero attached hydrogens (tertiary/aromatic N) is 3. The quantitative estimate of drug-likeness (QED) is 0.687. The third-order valence-corrected chi connectivity index (χ3v) is 3.89. The van der Waals surface area contributed by atoms with Gasteiger partial charge in [0.15, 0.2) is 5.82 Å². The maximum atomic E-state index is 13.3. The number of aryl methyl sites for hydroxylation is 2. The molecule has 2 N–H and O–H groups in total. The van der Waals surface area contributed by atoms with Gasteiger partial charge in [-0.3, -0.25) is 0 Å². The van der Waals surface area contributed by atoms with E-state index in [0.717, 1.165) is 18.5 Å². The number of hydrogen-bond acceptors (Lipinski definition) is 5. The third-order valence-electron chi connectivity index (χ3n) is 3.89. The topological polar surface area (TPSA) is 62.7 Å². The lowest BCUT2D eigenvalue weighted by atomic mass is 10.0. The van der Waals surface area contributed by atoms with E-state index in [4.69, 9.17) is 0 Å². The summed E-state index contributed by atoms with van der Waals surface area (Å²) in [6.45, 7) is 4.24. The van der Waals surface area contributed by atoms with E-state index in [0.29, 0.717) is 17.5 Å². The van der Waals surface area contributed by atoms with Crippen molar-refractivity contribution in [2.75, 3.05) is 10.6 Å². The Labute approximate surface area is 146 Å². The monoisotopic (exact) mass is 337 g/mol. The zero-order valence-corrected chi connectivity index (χ0v) is 14.3. The van der Waals surface area contributed by atoms with Crippen molar-refractivity contribution >= 4 is 23.1 Å². The molecule has 0 saturated heterocycles. The van der Waals surface area contributed by atoms with Crippen molar-refractivity contribution in [3.63, 3.8) is 0 Å². The molecule has 0 aliphatic carbocycles. The van der Waals surface area contributed by atoms with Gasteiger partial charge < -0.3 is 10.6 Å². The van der Waals surface area contributed by atoms with E-state index in [1.54, 1.807) is 18.3 Å². The number of nitrogens with one attached hydrogen (secondary N) is 2. The molecule has 3 rings (SSSR count). The summed E-state index contributed by atoms with van der Waals surface area (Å²) in [5.74, 6) is 0.573. The Bertz CT molecular complexity index is 844. The number of benzene rings is 2. The highest BCUT2D eigenvalue weighted by atomic mass is 19.1. The molecule has 0 radical (unpaired) electrons. The molecular formula is C19H20FN5. The maximum absolute atomic E-state index is 13.3. The van der Waals surface area contributed by atoms with Crippen LogP contribution in [0.25, 0.3) is 0 Å². The van der Waals surface area contributed by atoms with Crippen molar-refractivity contribution in [3.05, 3.63) is 65.6 Å². The highest BCUT2D eigenvalue weighted by Gasteiger charge is 2.09. The van der Waals surface area contributed by atoms with Crippen molar-refractivity contribution in [2.45, 2.75) is 26.7 Å². The van der Waals surface area contributed by atoms with Gasteiger partial charge in [-0.05, 0) is 42.2 Å². The third kappa shape index (κ3) is 4.09. The number of rotatable bonds is 6. The highest BCUT2D eigenvalue weighted by molar-refractivity contribution is 5.65. The first-order chi connectivity index (χ1) is 12.2. The van der Waals surface area contributed by atoms with Crippen molar-refractivity contribution < 1.29 is 4.39 Å². The van der Waals surface area contributed by atoms with E-state index < -0.39 is 0 Å². The highest BCUT2D eigenvalue weighted by Crippen LogP contribution is 2.26. The van der Waals surface area contributed by atoms with Gasteiger partial charge >= 0.3 is 0 Å². The number of hydrogen-bond donors (Lipinski definition) is 2. The molecule has 0 bridgehead atoms. The van der Waals surface area contributed by atoms with Gasteiger partial charge in [-0.15, -0.1) is 5.10 Å². The largest absolute Gasteiger partial charge is 0.338 e. The molecule has 1 aromatic heterocycles. The first-order valence-electron chi connectivity index (χ1n) is 8.29. The van der Waals surface area contributed by atoms with Crippen LogP contribution in [0.1, 0.15) is 25.0 Å². The fourth-order valence-corrected chi connectivity index (χ4v) is 2.64. The molecule has 1 heterocycles. The summed E-state index contributed by atoms with van der Waals surface area (Å²) in [5, 5.41) is 14.3. The lowest BCUT2D eigenvalue weighted by Crippen LogP contribution is -2.05. The fraction of sp³-hybridized carbons (Fsp3) is 0.211. The molecular weight excluding hydrogens is 317 g/mol. The summed E-state index contributed by atoms with van der Waals surface area (Å²) in [5.41, 5.74) is 4.07. The molecule has 3 aromatic rings. The van der Waals surface area contributed by atoms with E-state index in [9.17, 15) is 4.39 Å². The molecule has 0 aliphatic heterocycles. The molecule has 0 amide bonds. The number of aromatic nitrogens is 3. The van der Waals surface area contributed by atoms with Crippen LogP contribution in [0.2, 0.25) is 0 Å². The fourth-order valence-electron chi connectivity index (χ4n) is 2.64. The molecule has 0 atom stereocenters. The van der Waals surface area contributed by atoms with Crippen LogP contribution in [0.4, 0.5) is 27.5 Å². The smallest absolute Gasteiger partial charge is 0.249 e. The van der Waals surface area contributed by atoms with Gasteiger partial charge in [0.2, 0.25) is 5.95 Å². The van der Waals surface area contributed by atoms with Crippen molar-refractivity contribution in [3.8, 4) is 0 Å². The second-order valence-corrected chi connectivity index (χ2v) is 5.58. The summed E-state index contributed by atoms with van der Waals surface area (Å²) in [4.78, 5) is 4.43. The summed E-state index contributed by atoms with van der Waals surface area (Å²) in [6.07, 6.45) is 3.41. The molecule has 0 unspecified atom stereocenters. The lowest BCUT2D eigenvalue weighted by molar-refractivity contribution is 0.628. The van der Waals surface area contributed by atoms with Gasteiger partial charge in [-0.25, -0.2) is 4.39 Å². The zero-order chi connectivity index (χ0) is 17.6. The Morgan fingerprint density at radius 3 is 2.36 bits per heavy atom. The molecule has 0 aliphatic rings. The Balaban J connectivity index is 1.85. The van der Waals surface area contributed by atoms with Crippen LogP contribution in [0.15, 0.2) is 48.7 Å². The predicted molar refractivity (Wildman–Crippen MR) is 98.0 cm³/mol. The maximum Gasteiger partial charge on any atom is 0.249 e. The normalized spacial score (nSPS) is 10.5. The van der Waals surface area contributed by atoms with Crippen LogP contribution >= 0.6 is 0 Å². The summed E-state index contributed by atoms with van der Waals surface area (Å²) < 4.78 is 13.3. The number of para-hydroxylation sites is 1. The first kappa shape index (κ1) is 16.8. The minimum atomic E-state index is -0.323. The SMILES string of the molecule is CCc1cccc(CC)c1Nc1cnnc(Nc2cccc(F)c2)n1.